The van der Waals surface area contributed by atoms with Gasteiger partial charge in [-0.15, -0.1) is 4.80 Å². The van der Waals surface area contributed by atoms with Gasteiger partial charge in [0.15, 0.2) is 16.6 Å². The van der Waals surface area contributed by atoms with Crippen LogP contribution in [0.3, 0.4) is 0 Å². The normalized spacial score (nSPS) is 16.5. The maximum Gasteiger partial charge on any atom is 0.323 e. The summed E-state index contributed by atoms with van der Waals surface area (Å²) in [7, 11) is 0. The fourth-order valence-corrected chi connectivity index (χ4v) is 4.16. The number of hydrogen-bond acceptors (Lipinski definition) is 8. The van der Waals surface area contributed by atoms with Crippen molar-refractivity contribution in [2.45, 2.75) is 19.4 Å². The van der Waals surface area contributed by atoms with E-state index in [1.54, 1.807) is 22.8 Å². The van der Waals surface area contributed by atoms with Crippen LogP contribution >= 0.6 is 23.2 Å². The van der Waals surface area contributed by atoms with E-state index in [9.17, 15) is 4.79 Å². The van der Waals surface area contributed by atoms with Crippen molar-refractivity contribution in [1.29, 1.82) is 0 Å². The van der Waals surface area contributed by atoms with Crippen LogP contribution in [-0.2, 0) is 9.47 Å². The molecule has 35 heavy (non-hydrogen) atoms. The van der Waals surface area contributed by atoms with Gasteiger partial charge in [0.25, 0.3) is 0 Å². The van der Waals surface area contributed by atoms with E-state index in [0.717, 1.165) is 13.0 Å². The van der Waals surface area contributed by atoms with E-state index in [4.69, 9.17) is 32.7 Å². The van der Waals surface area contributed by atoms with Crippen molar-refractivity contribution in [3.8, 4) is 5.82 Å². The maximum atomic E-state index is 12.8. The smallest absolute Gasteiger partial charge is 0.323 e. The predicted octanol–water partition coefficient (Wildman–Crippen LogP) is 3.77. The summed E-state index contributed by atoms with van der Waals surface area (Å²) < 4.78 is 13.1. The molecule has 2 N–H and O–H groups in total. The second kappa shape index (κ2) is 10.1. The van der Waals surface area contributed by atoms with E-state index in [2.05, 4.69) is 35.9 Å². The Morgan fingerprint density at radius 3 is 2.80 bits per heavy atom. The molecular weight excluding hydrogens is 497 g/mol. The number of ether oxygens (including phenoxy) is 2. The lowest BCUT2D eigenvalue weighted by atomic mass is 10.1. The molecule has 1 fully saturated rings. The van der Waals surface area contributed by atoms with Crippen molar-refractivity contribution < 1.29 is 14.3 Å². The third-order valence-corrected chi connectivity index (χ3v) is 5.88. The lowest BCUT2D eigenvalue weighted by Gasteiger charge is -2.20. The SMILES string of the molecule is C[C@H](OC[C@@H]1CCOC1)c1c(NC(=O)Nc2cnc(-n3nccn3)c(Cl)c2)cnc2cc(Cl)nn12. The molecule has 14 heteroatoms. The van der Waals surface area contributed by atoms with Crippen molar-refractivity contribution in [1.82, 2.24) is 34.6 Å². The van der Waals surface area contributed by atoms with Gasteiger partial charge in [0.05, 0.1) is 66.2 Å². The largest absolute Gasteiger partial charge is 0.381 e. The van der Waals surface area contributed by atoms with Crippen molar-refractivity contribution in [3.05, 3.63) is 52.8 Å². The van der Waals surface area contributed by atoms with Gasteiger partial charge in [-0.05, 0) is 19.4 Å². The van der Waals surface area contributed by atoms with Gasteiger partial charge < -0.3 is 20.1 Å². The van der Waals surface area contributed by atoms with Crippen molar-refractivity contribution in [2.24, 2.45) is 5.92 Å². The number of amides is 2. The Kier molecular flexibility index (Phi) is 6.77. The Morgan fingerprint density at radius 2 is 2.06 bits per heavy atom. The molecule has 1 aliphatic heterocycles. The minimum Gasteiger partial charge on any atom is -0.381 e. The second-order valence-corrected chi connectivity index (χ2v) is 8.72. The third-order valence-electron chi connectivity index (χ3n) is 5.42. The van der Waals surface area contributed by atoms with Crippen molar-refractivity contribution >= 4 is 46.3 Å². The Labute approximate surface area is 209 Å². The minimum absolute atomic E-state index is 0.270. The Bertz CT molecular complexity index is 1340. The average molecular weight is 518 g/mol. The van der Waals surface area contributed by atoms with Crippen LogP contribution in [0.5, 0.6) is 0 Å². The van der Waals surface area contributed by atoms with Crippen LogP contribution in [-0.4, -0.2) is 60.4 Å². The van der Waals surface area contributed by atoms with Gasteiger partial charge in [-0.25, -0.2) is 19.3 Å². The van der Waals surface area contributed by atoms with Crippen LogP contribution in [0, 0.1) is 5.92 Å². The molecule has 2 atom stereocenters. The van der Waals surface area contributed by atoms with Crippen LogP contribution in [0.15, 0.2) is 36.9 Å². The fraction of sp³-hybridized carbons (Fsp3) is 0.333. The van der Waals surface area contributed by atoms with Gasteiger partial charge in [0.1, 0.15) is 0 Å². The van der Waals surface area contributed by atoms with Gasteiger partial charge in [0, 0.05) is 18.6 Å². The number of nitrogens with one attached hydrogen (secondary N) is 2. The number of fused-ring (bicyclic) bond motifs is 1. The highest BCUT2D eigenvalue weighted by atomic mass is 35.5. The minimum atomic E-state index is -0.523. The number of halogens is 2. The Hall–Kier alpha value is -3.32. The number of hydrogen-bond donors (Lipinski definition) is 2. The van der Waals surface area contributed by atoms with Crippen LogP contribution < -0.4 is 10.6 Å². The van der Waals surface area contributed by atoms with Gasteiger partial charge in [-0.1, -0.05) is 23.2 Å². The summed E-state index contributed by atoms with van der Waals surface area (Å²) in [5.74, 6) is 0.668. The molecule has 5 rings (SSSR count). The highest BCUT2D eigenvalue weighted by molar-refractivity contribution is 6.32. The van der Waals surface area contributed by atoms with E-state index in [1.165, 1.54) is 23.4 Å². The van der Waals surface area contributed by atoms with E-state index in [-0.39, 0.29) is 10.2 Å². The average Bonchev–Trinajstić information content (AvgIpc) is 3.59. The molecule has 1 aliphatic rings. The first-order valence-electron chi connectivity index (χ1n) is 10.8. The molecule has 2 amide bonds. The number of carbonyl (C=O) groups excluding carboxylic acids is 1. The van der Waals surface area contributed by atoms with Gasteiger partial charge >= 0.3 is 6.03 Å². The zero-order valence-corrected chi connectivity index (χ0v) is 20.1. The Balaban J connectivity index is 1.34. The third kappa shape index (κ3) is 5.20. The molecule has 0 unspecified atom stereocenters. The van der Waals surface area contributed by atoms with Crippen LogP contribution in [0.2, 0.25) is 10.2 Å². The predicted molar refractivity (Wildman–Crippen MR) is 128 cm³/mol. The molecule has 0 radical (unpaired) electrons. The first-order chi connectivity index (χ1) is 17.0. The summed E-state index contributed by atoms with van der Waals surface area (Å²) >= 11 is 12.4. The standard InChI is InChI=1S/C21H21Cl2N9O3/c1-12(35-11-13-2-5-34-10-13)19-16(9-24-18-7-17(23)30-31(18)19)29-21(33)28-14-6-15(22)20(25-8-14)32-26-3-4-27-32/h3-4,6-9,12-13H,2,5,10-11H2,1H3,(H2,28,29,33)/t12-,13+/m0/s1. The summed E-state index contributed by atoms with van der Waals surface area (Å²) in [6.45, 7) is 3.82. The van der Waals surface area contributed by atoms with Crippen LogP contribution in [0.4, 0.5) is 16.2 Å². The molecule has 12 nitrogen and oxygen atoms in total. The summed E-state index contributed by atoms with van der Waals surface area (Å²) in [5.41, 5.74) is 1.94. The molecule has 5 heterocycles. The summed E-state index contributed by atoms with van der Waals surface area (Å²) in [6, 6.07) is 2.67. The number of urea groups is 1. The maximum absolute atomic E-state index is 12.8. The van der Waals surface area contributed by atoms with Crippen LogP contribution in [0.25, 0.3) is 11.5 Å². The summed E-state index contributed by atoms with van der Waals surface area (Å²) in [6.07, 6.45) is 6.56. The first kappa shape index (κ1) is 23.4. The zero-order chi connectivity index (χ0) is 24.4. The van der Waals surface area contributed by atoms with E-state index >= 15 is 0 Å². The topological polar surface area (TPSA) is 133 Å². The molecule has 0 aliphatic carbocycles. The lowest BCUT2D eigenvalue weighted by molar-refractivity contribution is 0.0328. The van der Waals surface area contributed by atoms with Gasteiger partial charge in [-0.3, -0.25) is 0 Å². The summed E-state index contributed by atoms with van der Waals surface area (Å²) in [4.78, 5) is 22.7. The zero-order valence-electron chi connectivity index (χ0n) is 18.6. The molecule has 4 aromatic heterocycles. The molecule has 1 saturated heterocycles. The van der Waals surface area contributed by atoms with E-state index < -0.39 is 12.1 Å². The highest BCUT2D eigenvalue weighted by Crippen LogP contribution is 2.28. The molecular formula is C21H21Cl2N9O3. The van der Waals surface area contributed by atoms with E-state index in [1.807, 2.05) is 6.92 Å². The monoisotopic (exact) mass is 517 g/mol. The summed E-state index contributed by atoms with van der Waals surface area (Å²) in [5, 5.41) is 18.4. The quantitative estimate of drug-likeness (QED) is 0.378. The molecule has 0 aromatic carbocycles. The molecule has 182 valence electrons. The van der Waals surface area contributed by atoms with E-state index in [0.29, 0.717) is 47.7 Å². The van der Waals surface area contributed by atoms with Crippen molar-refractivity contribution in [3.63, 3.8) is 0 Å². The molecule has 4 aromatic rings. The van der Waals surface area contributed by atoms with Crippen molar-refractivity contribution in [2.75, 3.05) is 30.5 Å². The first-order valence-corrected chi connectivity index (χ1v) is 11.6. The number of aromatic nitrogens is 7. The molecule has 0 bridgehead atoms. The number of carbonyl (C=O) groups is 1. The number of rotatable bonds is 7. The molecule has 0 saturated carbocycles. The number of nitrogens with zero attached hydrogens (tertiary/aromatic N) is 7. The van der Waals surface area contributed by atoms with Gasteiger partial charge in [-0.2, -0.15) is 15.3 Å². The Morgan fingerprint density at radius 1 is 1.23 bits per heavy atom. The second-order valence-electron chi connectivity index (χ2n) is 7.93. The highest BCUT2D eigenvalue weighted by Gasteiger charge is 2.23. The number of pyridine rings is 1. The van der Waals surface area contributed by atoms with Gasteiger partial charge in [0.2, 0.25) is 0 Å². The lowest BCUT2D eigenvalue weighted by Crippen LogP contribution is -2.23. The van der Waals surface area contributed by atoms with Crippen LogP contribution in [0.1, 0.15) is 25.1 Å². The number of anilines is 2. The fourth-order valence-electron chi connectivity index (χ4n) is 3.74. The molecule has 0 spiro atoms.